The first-order valence-corrected chi connectivity index (χ1v) is 6.96. The van der Waals surface area contributed by atoms with Gasteiger partial charge in [-0.2, -0.15) is 0 Å². The summed E-state index contributed by atoms with van der Waals surface area (Å²) in [5, 5.41) is 1.59. The smallest absolute Gasteiger partial charge is 0.197 e. The highest BCUT2D eigenvalue weighted by atomic mass is 35.5. The van der Waals surface area contributed by atoms with E-state index in [2.05, 4.69) is 13.0 Å². The van der Waals surface area contributed by atoms with E-state index >= 15 is 0 Å². The van der Waals surface area contributed by atoms with Gasteiger partial charge in [-0.1, -0.05) is 31.2 Å². The molecule has 0 saturated heterocycles. The summed E-state index contributed by atoms with van der Waals surface area (Å²) in [5.41, 5.74) is 4.16. The number of ether oxygens (including phenoxy) is 1. The molecular formula is C17H15ClO2. The molecule has 0 aliphatic rings. The number of hydrogen-bond acceptors (Lipinski definition) is 2. The SMILES string of the molecule is CCc1c(Cl)oc2cccc(-c3ccc(OC)cc3)c12. The number of hydrogen-bond donors (Lipinski definition) is 0. The van der Waals surface area contributed by atoms with Crippen LogP contribution in [-0.2, 0) is 6.42 Å². The summed E-state index contributed by atoms with van der Waals surface area (Å²) in [6, 6.07) is 14.1. The van der Waals surface area contributed by atoms with Gasteiger partial charge < -0.3 is 9.15 Å². The van der Waals surface area contributed by atoms with Gasteiger partial charge in [0, 0.05) is 10.9 Å². The predicted molar refractivity (Wildman–Crippen MR) is 82.6 cm³/mol. The van der Waals surface area contributed by atoms with Crippen molar-refractivity contribution in [2.24, 2.45) is 0 Å². The van der Waals surface area contributed by atoms with E-state index in [1.165, 1.54) is 0 Å². The molecule has 3 rings (SSSR count). The van der Waals surface area contributed by atoms with Crippen molar-refractivity contribution in [2.45, 2.75) is 13.3 Å². The van der Waals surface area contributed by atoms with E-state index in [4.69, 9.17) is 20.8 Å². The van der Waals surface area contributed by atoms with Crippen LogP contribution < -0.4 is 4.74 Å². The minimum atomic E-state index is 0.489. The van der Waals surface area contributed by atoms with Gasteiger partial charge in [0.2, 0.25) is 0 Å². The van der Waals surface area contributed by atoms with E-state index in [0.29, 0.717) is 5.22 Å². The maximum atomic E-state index is 6.19. The summed E-state index contributed by atoms with van der Waals surface area (Å²) in [6.07, 6.45) is 0.846. The van der Waals surface area contributed by atoms with Crippen LogP contribution in [0.1, 0.15) is 12.5 Å². The molecule has 0 amide bonds. The van der Waals surface area contributed by atoms with Crippen molar-refractivity contribution in [1.82, 2.24) is 0 Å². The molecule has 0 aliphatic heterocycles. The molecule has 0 aliphatic carbocycles. The number of aryl methyl sites for hydroxylation is 1. The van der Waals surface area contributed by atoms with Crippen molar-refractivity contribution in [3.8, 4) is 16.9 Å². The maximum absolute atomic E-state index is 6.19. The van der Waals surface area contributed by atoms with Crippen molar-refractivity contribution in [3.05, 3.63) is 53.2 Å². The lowest BCUT2D eigenvalue weighted by molar-refractivity contribution is 0.415. The molecule has 0 bridgehead atoms. The van der Waals surface area contributed by atoms with Crippen molar-refractivity contribution < 1.29 is 9.15 Å². The topological polar surface area (TPSA) is 22.4 Å². The Morgan fingerprint density at radius 1 is 1.10 bits per heavy atom. The van der Waals surface area contributed by atoms with E-state index in [1.807, 2.05) is 36.4 Å². The number of rotatable bonds is 3. The van der Waals surface area contributed by atoms with Crippen molar-refractivity contribution >= 4 is 22.6 Å². The molecule has 0 radical (unpaired) electrons. The Balaban J connectivity index is 2.24. The van der Waals surface area contributed by atoms with Gasteiger partial charge in [0.15, 0.2) is 5.22 Å². The molecule has 0 spiro atoms. The molecule has 0 fully saturated rings. The molecular weight excluding hydrogens is 272 g/mol. The van der Waals surface area contributed by atoms with Gasteiger partial charge in [-0.05, 0) is 47.3 Å². The number of methoxy groups -OCH3 is 1. The molecule has 0 atom stereocenters. The van der Waals surface area contributed by atoms with Crippen LogP contribution in [0.25, 0.3) is 22.1 Å². The molecule has 0 saturated carbocycles. The second-order valence-electron chi connectivity index (χ2n) is 4.62. The van der Waals surface area contributed by atoms with Crippen molar-refractivity contribution in [3.63, 3.8) is 0 Å². The van der Waals surface area contributed by atoms with Crippen LogP contribution in [0.3, 0.4) is 0 Å². The van der Waals surface area contributed by atoms with E-state index in [0.717, 1.165) is 39.8 Å². The standard InChI is InChI=1S/C17H15ClO2/c1-3-13-16-14(5-4-6-15(16)20-17(13)18)11-7-9-12(19-2)10-8-11/h4-10H,3H2,1-2H3. The third kappa shape index (κ3) is 2.06. The Hall–Kier alpha value is -1.93. The van der Waals surface area contributed by atoms with Gasteiger partial charge >= 0.3 is 0 Å². The molecule has 3 aromatic rings. The molecule has 2 nitrogen and oxygen atoms in total. The van der Waals surface area contributed by atoms with E-state index in [1.54, 1.807) is 7.11 Å². The third-order valence-corrected chi connectivity index (χ3v) is 3.82. The summed E-state index contributed by atoms with van der Waals surface area (Å²) < 4.78 is 10.8. The lowest BCUT2D eigenvalue weighted by atomic mass is 9.98. The molecule has 1 heterocycles. The van der Waals surface area contributed by atoms with Gasteiger partial charge in [0.25, 0.3) is 0 Å². The van der Waals surface area contributed by atoms with Crippen molar-refractivity contribution in [2.75, 3.05) is 7.11 Å². The summed E-state index contributed by atoms with van der Waals surface area (Å²) >= 11 is 6.19. The highest BCUT2D eigenvalue weighted by molar-refractivity contribution is 6.31. The largest absolute Gasteiger partial charge is 0.497 e. The zero-order chi connectivity index (χ0) is 14.1. The summed E-state index contributed by atoms with van der Waals surface area (Å²) in [6.45, 7) is 2.08. The molecule has 0 unspecified atom stereocenters. The average Bonchev–Trinajstić information content (AvgIpc) is 2.82. The molecule has 20 heavy (non-hydrogen) atoms. The van der Waals surface area contributed by atoms with Gasteiger partial charge in [-0.15, -0.1) is 0 Å². The van der Waals surface area contributed by atoms with Gasteiger partial charge in [0.1, 0.15) is 11.3 Å². The van der Waals surface area contributed by atoms with E-state index < -0.39 is 0 Å². The second-order valence-corrected chi connectivity index (χ2v) is 4.96. The number of benzene rings is 2. The minimum Gasteiger partial charge on any atom is -0.497 e. The van der Waals surface area contributed by atoms with Crippen molar-refractivity contribution in [1.29, 1.82) is 0 Å². The fourth-order valence-electron chi connectivity index (χ4n) is 2.51. The van der Waals surface area contributed by atoms with E-state index in [-0.39, 0.29) is 0 Å². The van der Waals surface area contributed by atoms with Crippen LogP contribution in [0.15, 0.2) is 46.9 Å². The van der Waals surface area contributed by atoms with Crippen LogP contribution in [0, 0.1) is 0 Å². The van der Waals surface area contributed by atoms with Gasteiger partial charge in [-0.25, -0.2) is 0 Å². The number of fused-ring (bicyclic) bond motifs is 1. The lowest BCUT2D eigenvalue weighted by Crippen LogP contribution is -1.85. The number of halogens is 1. The molecule has 3 heteroatoms. The van der Waals surface area contributed by atoms with Crippen LogP contribution in [0.5, 0.6) is 5.75 Å². The zero-order valence-corrected chi connectivity index (χ0v) is 12.2. The molecule has 102 valence electrons. The summed E-state index contributed by atoms with van der Waals surface area (Å²) in [4.78, 5) is 0. The normalized spacial score (nSPS) is 10.9. The van der Waals surface area contributed by atoms with Gasteiger partial charge in [-0.3, -0.25) is 0 Å². The van der Waals surface area contributed by atoms with Crippen LogP contribution in [0.4, 0.5) is 0 Å². The summed E-state index contributed by atoms with van der Waals surface area (Å²) in [7, 11) is 1.67. The number of furan rings is 1. The van der Waals surface area contributed by atoms with Gasteiger partial charge in [0.05, 0.1) is 7.11 Å². The Labute approximate surface area is 122 Å². The quantitative estimate of drug-likeness (QED) is 0.650. The fourth-order valence-corrected chi connectivity index (χ4v) is 2.82. The fraction of sp³-hybridized carbons (Fsp3) is 0.176. The zero-order valence-electron chi connectivity index (χ0n) is 11.4. The Bertz CT molecular complexity index is 742. The maximum Gasteiger partial charge on any atom is 0.197 e. The summed E-state index contributed by atoms with van der Waals surface area (Å²) in [5.74, 6) is 0.849. The first-order chi connectivity index (χ1) is 9.74. The Morgan fingerprint density at radius 2 is 1.85 bits per heavy atom. The monoisotopic (exact) mass is 286 g/mol. The second kappa shape index (κ2) is 5.22. The first kappa shape index (κ1) is 13.1. The lowest BCUT2D eigenvalue weighted by Gasteiger charge is -2.06. The van der Waals surface area contributed by atoms with Crippen LogP contribution in [0.2, 0.25) is 5.22 Å². The van der Waals surface area contributed by atoms with Crippen LogP contribution >= 0.6 is 11.6 Å². The first-order valence-electron chi connectivity index (χ1n) is 6.59. The predicted octanol–water partition coefficient (Wildman–Crippen LogP) is 5.32. The van der Waals surface area contributed by atoms with E-state index in [9.17, 15) is 0 Å². The minimum absolute atomic E-state index is 0.489. The van der Waals surface area contributed by atoms with Crippen LogP contribution in [-0.4, -0.2) is 7.11 Å². The Kier molecular flexibility index (Phi) is 3.41. The molecule has 2 aromatic carbocycles. The third-order valence-electron chi connectivity index (χ3n) is 3.52. The average molecular weight is 287 g/mol. The Morgan fingerprint density at radius 3 is 2.50 bits per heavy atom. The highest BCUT2D eigenvalue weighted by Crippen LogP contribution is 2.37. The molecule has 0 N–H and O–H groups in total. The molecule has 1 aromatic heterocycles. The highest BCUT2D eigenvalue weighted by Gasteiger charge is 2.15.